The smallest absolute Gasteiger partial charge is 0.0806 e. The highest BCUT2D eigenvalue weighted by Gasteiger charge is 2.35. The van der Waals surface area contributed by atoms with Crippen molar-refractivity contribution >= 4 is 0 Å². The summed E-state index contributed by atoms with van der Waals surface area (Å²) in [5.74, 6) is 1.76. The van der Waals surface area contributed by atoms with Crippen LogP contribution < -0.4 is 16.1 Å². The third-order valence-electron chi connectivity index (χ3n) is 2.83. The van der Waals surface area contributed by atoms with E-state index in [0.717, 1.165) is 38.0 Å². The van der Waals surface area contributed by atoms with Gasteiger partial charge in [0, 0.05) is 20.2 Å². The van der Waals surface area contributed by atoms with Crippen LogP contribution in [0.4, 0.5) is 0 Å². The molecule has 5 nitrogen and oxygen atoms in total. The lowest BCUT2D eigenvalue weighted by Crippen LogP contribution is -2.27. The molecule has 2 unspecified atom stereocenters. The lowest BCUT2D eigenvalue weighted by Gasteiger charge is -2.06. The number of rotatable bonds is 11. The summed E-state index contributed by atoms with van der Waals surface area (Å²) in [6, 6.07) is 0. The molecule has 1 aliphatic carbocycles. The van der Waals surface area contributed by atoms with Crippen molar-refractivity contribution in [1.82, 2.24) is 16.1 Å². The first-order valence-electron chi connectivity index (χ1n) is 6.07. The first-order chi connectivity index (χ1) is 7.88. The first kappa shape index (κ1) is 13.9. The quantitative estimate of drug-likeness (QED) is 0.334. The molecule has 0 aromatic rings. The first-order valence-corrected chi connectivity index (χ1v) is 6.07. The van der Waals surface area contributed by atoms with Crippen LogP contribution in [0.3, 0.4) is 0 Å². The van der Waals surface area contributed by atoms with Gasteiger partial charge in [-0.25, -0.2) is 5.48 Å². The second-order valence-corrected chi connectivity index (χ2v) is 4.25. The van der Waals surface area contributed by atoms with Gasteiger partial charge in [-0.15, -0.1) is 0 Å². The summed E-state index contributed by atoms with van der Waals surface area (Å²) >= 11 is 0. The minimum atomic E-state index is 0.682. The van der Waals surface area contributed by atoms with E-state index in [-0.39, 0.29) is 0 Å². The second-order valence-electron chi connectivity index (χ2n) is 4.25. The predicted molar refractivity (Wildman–Crippen MR) is 64.2 cm³/mol. The number of hydrogen-bond donors (Lipinski definition) is 3. The zero-order chi connectivity index (χ0) is 11.6. The summed E-state index contributed by atoms with van der Waals surface area (Å²) in [5, 5.41) is 6.62. The predicted octanol–water partition coefficient (Wildman–Crippen LogP) is -0.401. The van der Waals surface area contributed by atoms with Crippen LogP contribution in [0, 0.1) is 11.8 Å². The molecule has 2 atom stereocenters. The molecule has 1 rings (SSSR count). The lowest BCUT2D eigenvalue weighted by molar-refractivity contribution is 0.0288. The zero-order valence-corrected chi connectivity index (χ0v) is 10.4. The molecule has 16 heavy (non-hydrogen) atoms. The topological polar surface area (TPSA) is 54.5 Å². The van der Waals surface area contributed by atoms with Crippen LogP contribution in [0.5, 0.6) is 0 Å². The normalized spacial score (nSPS) is 23.6. The molecule has 0 saturated heterocycles. The van der Waals surface area contributed by atoms with Crippen LogP contribution in [0.2, 0.25) is 0 Å². The van der Waals surface area contributed by atoms with Gasteiger partial charge >= 0.3 is 0 Å². The van der Waals surface area contributed by atoms with Crippen molar-refractivity contribution in [2.24, 2.45) is 11.8 Å². The van der Waals surface area contributed by atoms with Crippen LogP contribution >= 0.6 is 0 Å². The molecule has 5 heteroatoms. The van der Waals surface area contributed by atoms with Crippen LogP contribution in [-0.2, 0) is 9.57 Å². The van der Waals surface area contributed by atoms with Crippen LogP contribution in [-0.4, -0.2) is 53.6 Å². The van der Waals surface area contributed by atoms with Crippen molar-refractivity contribution in [2.75, 3.05) is 53.6 Å². The van der Waals surface area contributed by atoms with Crippen LogP contribution in [0.1, 0.15) is 6.42 Å². The summed E-state index contributed by atoms with van der Waals surface area (Å²) in [4.78, 5) is 5.21. The Kier molecular flexibility index (Phi) is 7.71. The lowest BCUT2D eigenvalue weighted by atomic mass is 10.3. The minimum absolute atomic E-state index is 0.682. The average molecular weight is 231 g/mol. The molecule has 0 spiro atoms. The Balaban J connectivity index is 1.73. The number of hydrogen-bond acceptors (Lipinski definition) is 5. The van der Waals surface area contributed by atoms with E-state index in [9.17, 15) is 0 Å². The van der Waals surface area contributed by atoms with Gasteiger partial charge in [-0.05, 0) is 38.4 Å². The summed E-state index contributed by atoms with van der Waals surface area (Å²) in [6.07, 6.45) is 1.36. The van der Waals surface area contributed by atoms with E-state index in [1.54, 1.807) is 7.11 Å². The van der Waals surface area contributed by atoms with E-state index in [2.05, 4.69) is 16.1 Å². The fourth-order valence-electron chi connectivity index (χ4n) is 1.77. The van der Waals surface area contributed by atoms with Gasteiger partial charge in [0.2, 0.25) is 0 Å². The van der Waals surface area contributed by atoms with Gasteiger partial charge in [-0.2, -0.15) is 0 Å². The van der Waals surface area contributed by atoms with Gasteiger partial charge in [0.05, 0.1) is 13.2 Å². The molecule has 1 aliphatic rings. The van der Waals surface area contributed by atoms with Crippen molar-refractivity contribution in [3.05, 3.63) is 0 Å². The van der Waals surface area contributed by atoms with E-state index in [1.165, 1.54) is 6.42 Å². The third-order valence-corrected chi connectivity index (χ3v) is 2.83. The maximum atomic E-state index is 5.21. The molecular weight excluding hydrogens is 206 g/mol. The maximum absolute atomic E-state index is 5.21. The van der Waals surface area contributed by atoms with Crippen molar-refractivity contribution in [3.8, 4) is 0 Å². The summed E-state index contributed by atoms with van der Waals surface area (Å²) < 4.78 is 4.88. The van der Waals surface area contributed by atoms with Crippen molar-refractivity contribution in [2.45, 2.75) is 6.42 Å². The van der Waals surface area contributed by atoms with Crippen molar-refractivity contribution in [3.63, 3.8) is 0 Å². The van der Waals surface area contributed by atoms with Gasteiger partial charge in [0.1, 0.15) is 0 Å². The van der Waals surface area contributed by atoms with Crippen LogP contribution in [0.15, 0.2) is 0 Å². The molecule has 0 heterocycles. The molecule has 0 radical (unpaired) electrons. The Morgan fingerprint density at radius 2 is 1.94 bits per heavy atom. The molecule has 0 aromatic carbocycles. The zero-order valence-electron chi connectivity index (χ0n) is 10.4. The fourth-order valence-corrected chi connectivity index (χ4v) is 1.77. The Hall–Kier alpha value is -0.200. The van der Waals surface area contributed by atoms with Gasteiger partial charge in [0.25, 0.3) is 0 Å². The Bertz CT molecular complexity index is 169. The maximum Gasteiger partial charge on any atom is 0.0806 e. The summed E-state index contributed by atoms with van der Waals surface area (Å²) in [5.41, 5.74) is 2.84. The Labute approximate surface area is 98.2 Å². The second kappa shape index (κ2) is 8.90. The van der Waals surface area contributed by atoms with Gasteiger partial charge in [-0.3, -0.25) is 0 Å². The number of methoxy groups -OCH3 is 1. The number of nitrogens with one attached hydrogen (secondary N) is 3. The molecule has 1 fully saturated rings. The molecule has 96 valence electrons. The molecule has 0 amide bonds. The van der Waals surface area contributed by atoms with E-state index < -0.39 is 0 Å². The molecule has 0 aromatic heterocycles. The SMILES string of the molecule is CNCC1CC1CNCCONCCOC. The van der Waals surface area contributed by atoms with E-state index in [0.29, 0.717) is 13.2 Å². The highest BCUT2D eigenvalue weighted by Crippen LogP contribution is 2.36. The summed E-state index contributed by atoms with van der Waals surface area (Å²) in [6.45, 7) is 5.30. The average Bonchev–Trinajstić information content (AvgIpc) is 3.01. The van der Waals surface area contributed by atoms with Gasteiger partial charge < -0.3 is 20.2 Å². The Morgan fingerprint density at radius 3 is 2.69 bits per heavy atom. The van der Waals surface area contributed by atoms with E-state index >= 15 is 0 Å². The minimum Gasteiger partial charge on any atom is -0.383 e. The molecular formula is C11H25N3O2. The van der Waals surface area contributed by atoms with Gasteiger partial charge in [-0.1, -0.05) is 0 Å². The van der Waals surface area contributed by atoms with Crippen molar-refractivity contribution in [1.29, 1.82) is 0 Å². The fraction of sp³-hybridized carbons (Fsp3) is 1.00. The molecule has 1 saturated carbocycles. The number of ether oxygens (including phenoxy) is 1. The summed E-state index contributed by atoms with van der Waals surface area (Å²) in [7, 11) is 3.70. The van der Waals surface area contributed by atoms with E-state index in [4.69, 9.17) is 9.57 Å². The third kappa shape index (κ3) is 6.40. The molecule has 3 N–H and O–H groups in total. The van der Waals surface area contributed by atoms with Crippen LogP contribution in [0.25, 0.3) is 0 Å². The highest BCUT2D eigenvalue weighted by atomic mass is 16.6. The van der Waals surface area contributed by atoms with Gasteiger partial charge in [0.15, 0.2) is 0 Å². The monoisotopic (exact) mass is 231 g/mol. The highest BCUT2D eigenvalue weighted by molar-refractivity contribution is 4.88. The number of hydroxylamine groups is 1. The molecule has 0 aliphatic heterocycles. The van der Waals surface area contributed by atoms with Crippen molar-refractivity contribution < 1.29 is 9.57 Å². The Morgan fingerprint density at radius 1 is 1.12 bits per heavy atom. The largest absolute Gasteiger partial charge is 0.383 e. The molecule has 0 bridgehead atoms. The van der Waals surface area contributed by atoms with E-state index in [1.807, 2.05) is 7.05 Å². The standard InChI is InChI=1S/C11H25N3O2/c1-12-8-10-7-11(10)9-13-3-6-16-14-4-5-15-2/h10-14H,3-9H2,1-2H3.